The van der Waals surface area contributed by atoms with E-state index in [2.05, 4.69) is 36.0 Å². The van der Waals surface area contributed by atoms with Crippen LogP contribution in [0.1, 0.15) is 36.2 Å². The first-order valence-electron chi connectivity index (χ1n) is 6.05. The number of nitrogens with two attached hydrogens (primary N) is 1. The van der Waals surface area contributed by atoms with Crippen LogP contribution in [0, 0.1) is 17.8 Å². The highest BCUT2D eigenvalue weighted by Gasteiger charge is 2.06. The van der Waals surface area contributed by atoms with E-state index in [9.17, 15) is 4.79 Å². The van der Waals surface area contributed by atoms with Gasteiger partial charge in [0.1, 0.15) is 0 Å². The van der Waals surface area contributed by atoms with E-state index in [0.717, 1.165) is 6.42 Å². The molecule has 0 aliphatic rings. The predicted octanol–water partition coefficient (Wildman–Crippen LogP) is 1.17. The van der Waals surface area contributed by atoms with Gasteiger partial charge in [-0.15, -0.1) is 0 Å². The molecule has 18 heavy (non-hydrogen) atoms. The fourth-order valence-corrected chi connectivity index (χ4v) is 1.36. The van der Waals surface area contributed by atoms with Crippen LogP contribution in [0.25, 0.3) is 0 Å². The van der Waals surface area contributed by atoms with Gasteiger partial charge in [0.2, 0.25) is 0 Å². The van der Waals surface area contributed by atoms with Crippen LogP contribution in [0.3, 0.4) is 0 Å². The van der Waals surface area contributed by atoms with E-state index in [1.54, 1.807) is 18.5 Å². The zero-order valence-electron chi connectivity index (χ0n) is 10.9. The van der Waals surface area contributed by atoms with Crippen molar-refractivity contribution >= 4 is 5.91 Å². The van der Waals surface area contributed by atoms with Crippen LogP contribution >= 0.6 is 0 Å². The number of rotatable bonds is 4. The van der Waals surface area contributed by atoms with Gasteiger partial charge in [0.15, 0.2) is 0 Å². The molecule has 0 aliphatic carbocycles. The summed E-state index contributed by atoms with van der Waals surface area (Å²) in [7, 11) is 0. The summed E-state index contributed by atoms with van der Waals surface area (Å²) in [5.41, 5.74) is 6.53. The quantitative estimate of drug-likeness (QED) is 0.782. The summed E-state index contributed by atoms with van der Waals surface area (Å²) >= 11 is 0. The molecule has 0 saturated carbocycles. The Morgan fingerprint density at radius 2 is 2.28 bits per heavy atom. The maximum atomic E-state index is 11.8. The number of carbonyl (C=O) groups excluding carboxylic acids is 1. The Hall–Kier alpha value is -1.86. The normalized spacial score (nSPS) is 9.78. The lowest BCUT2D eigenvalue weighted by Gasteiger charge is -2.07. The van der Waals surface area contributed by atoms with Crippen LogP contribution < -0.4 is 11.1 Å². The Balaban J connectivity index is 2.62. The molecule has 4 heteroatoms. The molecule has 1 aromatic rings. The molecular formula is C14H19N3O. The number of hydrogen-bond donors (Lipinski definition) is 2. The lowest BCUT2D eigenvalue weighted by molar-refractivity contribution is 0.0951. The van der Waals surface area contributed by atoms with Crippen molar-refractivity contribution in [2.75, 3.05) is 13.1 Å². The largest absolute Gasteiger partial charge is 0.352 e. The molecular weight excluding hydrogens is 226 g/mol. The molecule has 0 radical (unpaired) electrons. The van der Waals surface area contributed by atoms with Gasteiger partial charge in [-0.3, -0.25) is 9.78 Å². The second-order valence-electron chi connectivity index (χ2n) is 4.41. The summed E-state index contributed by atoms with van der Waals surface area (Å²) in [6, 6.07) is 1.72. The molecule has 0 bridgehead atoms. The smallest absolute Gasteiger partial charge is 0.252 e. The maximum absolute atomic E-state index is 11.8. The zero-order valence-corrected chi connectivity index (χ0v) is 10.9. The van der Waals surface area contributed by atoms with Crippen molar-refractivity contribution < 1.29 is 4.79 Å². The summed E-state index contributed by atoms with van der Waals surface area (Å²) in [5.74, 6) is 6.05. The van der Waals surface area contributed by atoms with Crippen molar-refractivity contribution in [1.82, 2.24) is 10.3 Å². The van der Waals surface area contributed by atoms with Gasteiger partial charge in [0.25, 0.3) is 5.91 Å². The Morgan fingerprint density at radius 3 is 2.94 bits per heavy atom. The first kappa shape index (κ1) is 14.2. The SMILES string of the molecule is CC(C)CCNC(=O)c1cncc(C#CCN)c1. The highest BCUT2D eigenvalue weighted by atomic mass is 16.1. The van der Waals surface area contributed by atoms with Gasteiger partial charge >= 0.3 is 0 Å². The van der Waals surface area contributed by atoms with Crippen LogP contribution in [0.15, 0.2) is 18.5 Å². The van der Waals surface area contributed by atoms with Gasteiger partial charge in [-0.2, -0.15) is 0 Å². The van der Waals surface area contributed by atoms with Gasteiger partial charge in [-0.05, 0) is 18.4 Å². The second-order valence-corrected chi connectivity index (χ2v) is 4.41. The minimum atomic E-state index is -0.112. The molecule has 0 aromatic carbocycles. The van der Waals surface area contributed by atoms with Crippen molar-refractivity contribution in [2.24, 2.45) is 11.7 Å². The Labute approximate surface area is 108 Å². The lowest BCUT2D eigenvalue weighted by atomic mass is 10.1. The molecule has 0 atom stereocenters. The first-order chi connectivity index (χ1) is 8.63. The summed E-state index contributed by atoms with van der Waals surface area (Å²) in [6.45, 7) is 5.22. The molecule has 96 valence electrons. The van der Waals surface area contributed by atoms with E-state index >= 15 is 0 Å². The highest BCUT2D eigenvalue weighted by Crippen LogP contribution is 2.02. The third-order valence-corrected chi connectivity index (χ3v) is 2.34. The standard InChI is InChI=1S/C14H19N3O/c1-11(2)5-7-17-14(18)13-8-12(4-3-6-15)9-16-10-13/h8-11H,5-7,15H2,1-2H3,(H,17,18). The fraction of sp³-hybridized carbons (Fsp3) is 0.429. The van der Waals surface area contributed by atoms with Crippen LogP contribution in [0.5, 0.6) is 0 Å². The van der Waals surface area contributed by atoms with E-state index in [4.69, 9.17) is 5.73 Å². The Bertz CT molecular complexity index is 458. The number of hydrogen-bond acceptors (Lipinski definition) is 3. The average Bonchev–Trinajstić information content (AvgIpc) is 2.36. The number of nitrogens with one attached hydrogen (secondary N) is 1. The molecule has 1 rings (SSSR count). The fourth-order valence-electron chi connectivity index (χ4n) is 1.36. The van der Waals surface area contributed by atoms with E-state index < -0.39 is 0 Å². The molecule has 0 aliphatic heterocycles. The number of pyridine rings is 1. The molecule has 3 N–H and O–H groups in total. The summed E-state index contributed by atoms with van der Waals surface area (Å²) in [5, 5.41) is 2.86. The van der Waals surface area contributed by atoms with E-state index in [1.165, 1.54) is 0 Å². The van der Waals surface area contributed by atoms with Gasteiger partial charge in [-0.25, -0.2) is 0 Å². The van der Waals surface area contributed by atoms with Crippen molar-refractivity contribution in [3.8, 4) is 11.8 Å². The summed E-state index contributed by atoms with van der Waals surface area (Å²) < 4.78 is 0. The van der Waals surface area contributed by atoms with Gasteiger partial charge in [-0.1, -0.05) is 25.7 Å². The van der Waals surface area contributed by atoms with Crippen LogP contribution in [-0.4, -0.2) is 24.0 Å². The van der Waals surface area contributed by atoms with Crippen LogP contribution in [0.2, 0.25) is 0 Å². The molecule has 0 unspecified atom stereocenters. The summed E-state index contributed by atoms with van der Waals surface area (Å²) in [4.78, 5) is 15.8. The first-order valence-corrected chi connectivity index (χ1v) is 6.05. The number of amides is 1. The molecule has 0 spiro atoms. The van der Waals surface area contributed by atoms with Crippen molar-refractivity contribution in [1.29, 1.82) is 0 Å². The third-order valence-electron chi connectivity index (χ3n) is 2.34. The maximum Gasteiger partial charge on any atom is 0.252 e. The van der Waals surface area contributed by atoms with Crippen LogP contribution in [-0.2, 0) is 0 Å². The Kier molecular flexibility index (Phi) is 5.89. The Morgan fingerprint density at radius 1 is 1.50 bits per heavy atom. The molecule has 1 heterocycles. The van der Waals surface area contributed by atoms with Gasteiger partial charge in [0, 0.05) is 24.5 Å². The minimum absolute atomic E-state index is 0.112. The lowest BCUT2D eigenvalue weighted by Crippen LogP contribution is -2.25. The predicted molar refractivity (Wildman–Crippen MR) is 72.0 cm³/mol. The van der Waals surface area contributed by atoms with Crippen molar-refractivity contribution in [3.63, 3.8) is 0 Å². The third kappa shape index (κ3) is 4.98. The second kappa shape index (κ2) is 7.46. The molecule has 1 aromatic heterocycles. The van der Waals surface area contributed by atoms with Gasteiger partial charge < -0.3 is 11.1 Å². The van der Waals surface area contributed by atoms with Crippen molar-refractivity contribution in [2.45, 2.75) is 20.3 Å². The summed E-state index contributed by atoms with van der Waals surface area (Å²) in [6.07, 6.45) is 4.12. The highest BCUT2D eigenvalue weighted by molar-refractivity contribution is 5.94. The van der Waals surface area contributed by atoms with E-state index in [1.807, 2.05) is 0 Å². The molecule has 1 amide bonds. The average molecular weight is 245 g/mol. The topological polar surface area (TPSA) is 68.0 Å². The number of nitrogens with zero attached hydrogens (tertiary/aromatic N) is 1. The van der Waals surface area contributed by atoms with Crippen molar-refractivity contribution in [3.05, 3.63) is 29.6 Å². The number of aromatic nitrogens is 1. The zero-order chi connectivity index (χ0) is 13.4. The van der Waals surface area contributed by atoms with E-state index in [0.29, 0.717) is 30.1 Å². The monoisotopic (exact) mass is 245 g/mol. The van der Waals surface area contributed by atoms with E-state index in [-0.39, 0.29) is 5.91 Å². The molecule has 0 fully saturated rings. The minimum Gasteiger partial charge on any atom is -0.352 e. The molecule has 4 nitrogen and oxygen atoms in total. The van der Waals surface area contributed by atoms with Gasteiger partial charge in [0.05, 0.1) is 12.1 Å². The molecule has 0 saturated heterocycles. The number of carbonyl (C=O) groups is 1. The van der Waals surface area contributed by atoms with Crippen LogP contribution in [0.4, 0.5) is 0 Å².